The van der Waals surface area contributed by atoms with Crippen LogP contribution in [0.1, 0.15) is 36.9 Å². The molecule has 0 amide bonds. The van der Waals surface area contributed by atoms with Gasteiger partial charge in [-0.1, -0.05) is 28.1 Å². The molecule has 1 fully saturated rings. The van der Waals surface area contributed by atoms with E-state index in [0.29, 0.717) is 18.2 Å². The molecule has 1 aliphatic rings. The summed E-state index contributed by atoms with van der Waals surface area (Å²) in [5, 5.41) is 0. The van der Waals surface area contributed by atoms with Crippen LogP contribution in [0.4, 0.5) is 5.69 Å². The summed E-state index contributed by atoms with van der Waals surface area (Å²) in [6, 6.07) is 8.02. The maximum atomic E-state index is 12.4. The van der Waals surface area contributed by atoms with E-state index in [2.05, 4.69) is 27.5 Å². The number of nitrogens with zero attached hydrogens (tertiary/aromatic N) is 2. The first-order valence-electron chi connectivity index (χ1n) is 6.95. The molecule has 2 aromatic rings. The molecule has 20 heavy (non-hydrogen) atoms. The molecule has 0 radical (unpaired) electrons. The van der Waals surface area contributed by atoms with Crippen LogP contribution in [0.2, 0.25) is 0 Å². The van der Waals surface area contributed by atoms with Gasteiger partial charge in [-0.2, -0.15) is 0 Å². The van der Waals surface area contributed by atoms with E-state index in [1.165, 1.54) is 0 Å². The highest BCUT2D eigenvalue weighted by Crippen LogP contribution is 2.42. The van der Waals surface area contributed by atoms with Crippen LogP contribution in [-0.2, 0) is 13.1 Å². The normalized spacial score (nSPS) is 14.7. The van der Waals surface area contributed by atoms with Crippen molar-refractivity contribution in [3.05, 3.63) is 50.3 Å². The van der Waals surface area contributed by atoms with Gasteiger partial charge in [-0.15, -0.1) is 0 Å². The number of aromatic nitrogens is 2. The number of nitrogen functional groups attached to an aromatic ring is 1. The van der Waals surface area contributed by atoms with Crippen molar-refractivity contribution < 1.29 is 0 Å². The predicted octanol–water partition coefficient (Wildman–Crippen LogP) is 2.94. The fourth-order valence-electron chi connectivity index (χ4n) is 2.72. The SMILES string of the molecule is CCn1c(C2CC2)c(N)c(=O)n1Cc1cccc(Br)c1. The Morgan fingerprint density at radius 1 is 1.35 bits per heavy atom. The molecule has 0 atom stereocenters. The first-order chi connectivity index (χ1) is 9.61. The fraction of sp³-hybridized carbons (Fsp3) is 0.400. The Hall–Kier alpha value is -1.49. The topological polar surface area (TPSA) is 52.9 Å². The van der Waals surface area contributed by atoms with Gasteiger partial charge in [0.2, 0.25) is 0 Å². The molecular weight excluding hydrogens is 318 g/mol. The Kier molecular flexibility index (Phi) is 3.46. The molecule has 1 aliphatic carbocycles. The zero-order chi connectivity index (χ0) is 14.3. The van der Waals surface area contributed by atoms with E-state index in [-0.39, 0.29) is 5.56 Å². The largest absolute Gasteiger partial charge is 0.393 e. The standard InChI is InChI=1S/C15H18BrN3O/c1-2-18-14(11-6-7-11)13(17)15(20)19(18)9-10-4-3-5-12(16)8-10/h3-5,8,11H,2,6-7,9,17H2,1H3. The summed E-state index contributed by atoms with van der Waals surface area (Å²) in [6.07, 6.45) is 2.29. The molecule has 0 spiro atoms. The zero-order valence-electron chi connectivity index (χ0n) is 11.5. The van der Waals surface area contributed by atoms with Crippen LogP contribution in [0, 0.1) is 0 Å². The van der Waals surface area contributed by atoms with Gasteiger partial charge in [0.15, 0.2) is 0 Å². The molecule has 1 aromatic heterocycles. The van der Waals surface area contributed by atoms with E-state index >= 15 is 0 Å². The highest BCUT2D eigenvalue weighted by Gasteiger charge is 2.32. The molecule has 3 rings (SSSR count). The number of anilines is 1. The van der Waals surface area contributed by atoms with Gasteiger partial charge < -0.3 is 5.73 Å². The van der Waals surface area contributed by atoms with Crippen molar-refractivity contribution in [1.82, 2.24) is 9.36 Å². The van der Waals surface area contributed by atoms with Crippen molar-refractivity contribution in [3.8, 4) is 0 Å². The van der Waals surface area contributed by atoms with Gasteiger partial charge in [0.05, 0.1) is 12.2 Å². The van der Waals surface area contributed by atoms with Crippen molar-refractivity contribution >= 4 is 21.6 Å². The van der Waals surface area contributed by atoms with Crippen molar-refractivity contribution in [1.29, 1.82) is 0 Å². The van der Waals surface area contributed by atoms with Crippen LogP contribution >= 0.6 is 15.9 Å². The second-order valence-corrected chi connectivity index (χ2v) is 6.20. The monoisotopic (exact) mass is 335 g/mol. The second kappa shape index (κ2) is 5.13. The quantitative estimate of drug-likeness (QED) is 0.933. The van der Waals surface area contributed by atoms with Crippen LogP contribution in [0.25, 0.3) is 0 Å². The van der Waals surface area contributed by atoms with Gasteiger partial charge >= 0.3 is 0 Å². The highest BCUT2D eigenvalue weighted by molar-refractivity contribution is 9.10. The van der Waals surface area contributed by atoms with Gasteiger partial charge in [-0.05, 0) is 37.5 Å². The summed E-state index contributed by atoms with van der Waals surface area (Å²) in [5.74, 6) is 0.478. The molecule has 106 valence electrons. The van der Waals surface area contributed by atoms with E-state index in [1.54, 1.807) is 4.68 Å². The number of hydrogen-bond donors (Lipinski definition) is 1. The maximum Gasteiger partial charge on any atom is 0.290 e. The van der Waals surface area contributed by atoms with E-state index in [4.69, 9.17) is 5.73 Å². The first-order valence-corrected chi connectivity index (χ1v) is 7.74. The number of nitrogens with two attached hydrogens (primary N) is 1. The molecule has 0 bridgehead atoms. The summed E-state index contributed by atoms with van der Waals surface area (Å²) >= 11 is 3.46. The summed E-state index contributed by atoms with van der Waals surface area (Å²) < 4.78 is 4.84. The fourth-order valence-corrected chi connectivity index (χ4v) is 3.17. The van der Waals surface area contributed by atoms with Crippen molar-refractivity contribution in [2.75, 3.05) is 5.73 Å². The summed E-state index contributed by atoms with van der Waals surface area (Å²) in [6.45, 7) is 3.39. The molecule has 1 saturated carbocycles. The summed E-state index contributed by atoms with van der Waals surface area (Å²) in [4.78, 5) is 12.4. The van der Waals surface area contributed by atoms with Crippen molar-refractivity contribution in [2.45, 2.75) is 38.8 Å². The maximum absolute atomic E-state index is 12.4. The van der Waals surface area contributed by atoms with Crippen LogP contribution in [0.15, 0.2) is 33.5 Å². The van der Waals surface area contributed by atoms with Crippen LogP contribution in [0.5, 0.6) is 0 Å². The summed E-state index contributed by atoms with van der Waals surface area (Å²) in [7, 11) is 0. The lowest BCUT2D eigenvalue weighted by Gasteiger charge is -2.13. The molecule has 0 saturated heterocycles. The molecule has 0 aliphatic heterocycles. The van der Waals surface area contributed by atoms with Gasteiger partial charge in [0.25, 0.3) is 5.56 Å². The van der Waals surface area contributed by atoms with Crippen LogP contribution in [-0.4, -0.2) is 9.36 Å². The number of benzene rings is 1. The molecule has 4 nitrogen and oxygen atoms in total. The Morgan fingerprint density at radius 2 is 2.10 bits per heavy atom. The van der Waals surface area contributed by atoms with E-state index < -0.39 is 0 Å². The number of rotatable bonds is 4. The summed E-state index contributed by atoms with van der Waals surface area (Å²) in [5.41, 5.74) is 8.54. The van der Waals surface area contributed by atoms with Gasteiger partial charge in [-0.3, -0.25) is 9.48 Å². The Balaban J connectivity index is 2.05. The Labute approximate surface area is 126 Å². The van der Waals surface area contributed by atoms with E-state index in [9.17, 15) is 4.79 Å². The minimum atomic E-state index is -0.0614. The third-order valence-corrected chi connectivity index (χ3v) is 4.29. The predicted molar refractivity (Wildman–Crippen MR) is 84.0 cm³/mol. The second-order valence-electron chi connectivity index (χ2n) is 5.28. The number of halogens is 1. The lowest BCUT2D eigenvalue weighted by atomic mass is 10.2. The average molecular weight is 336 g/mol. The lowest BCUT2D eigenvalue weighted by Crippen LogP contribution is -2.24. The lowest BCUT2D eigenvalue weighted by molar-refractivity contribution is 0.473. The first kappa shape index (κ1) is 13.5. The molecule has 1 heterocycles. The van der Waals surface area contributed by atoms with Gasteiger partial charge in [0.1, 0.15) is 5.69 Å². The molecule has 0 unspecified atom stereocenters. The van der Waals surface area contributed by atoms with E-state index in [0.717, 1.165) is 35.1 Å². The van der Waals surface area contributed by atoms with Crippen molar-refractivity contribution in [2.24, 2.45) is 0 Å². The third-order valence-electron chi connectivity index (χ3n) is 3.80. The van der Waals surface area contributed by atoms with Crippen LogP contribution in [0.3, 0.4) is 0 Å². The smallest absolute Gasteiger partial charge is 0.290 e. The van der Waals surface area contributed by atoms with Crippen LogP contribution < -0.4 is 11.3 Å². The Morgan fingerprint density at radius 3 is 2.70 bits per heavy atom. The molecule has 5 heteroatoms. The molecule has 1 aromatic carbocycles. The molecular formula is C15H18BrN3O. The van der Waals surface area contributed by atoms with Gasteiger partial charge in [-0.25, -0.2) is 4.68 Å². The van der Waals surface area contributed by atoms with E-state index in [1.807, 2.05) is 24.3 Å². The molecule has 2 N–H and O–H groups in total. The number of hydrogen-bond acceptors (Lipinski definition) is 2. The van der Waals surface area contributed by atoms with Crippen molar-refractivity contribution in [3.63, 3.8) is 0 Å². The zero-order valence-corrected chi connectivity index (χ0v) is 13.1. The minimum absolute atomic E-state index is 0.0614. The Bertz CT molecular complexity index is 698. The third kappa shape index (κ3) is 2.30. The van der Waals surface area contributed by atoms with Gasteiger partial charge in [0, 0.05) is 16.9 Å². The average Bonchev–Trinajstić information content (AvgIpc) is 3.22. The highest BCUT2D eigenvalue weighted by atomic mass is 79.9. The minimum Gasteiger partial charge on any atom is -0.393 e.